The number of aryl methyl sites for hydroxylation is 1. The van der Waals surface area contributed by atoms with Crippen LogP contribution in [0.1, 0.15) is 49.9 Å². The second kappa shape index (κ2) is 3.79. The van der Waals surface area contributed by atoms with E-state index in [0.717, 1.165) is 18.9 Å². The van der Waals surface area contributed by atoms with Gasteiger partial charge < -0.3 is 5.32 Å². The van der Waals surface area contributed by atoms with Crippen molar-refractivity contribution >= 4 is 5.82 Å². The highest BCUT2D eigenvalue weighted by Crippen LogP contribution is 2.40. The zero-order chi connectivity index (χ0) is 11.1. The standard InChI is InChI=1S/C13H21N3/c1-3-11-9(2)13-14-8-10-6-4-5-7-12(10)16(13)15-11/h10,12,14H,3-8H2,1-2H3. The molecule has 88 valence electrons. The molecular formula is C13H21N3. The fourth-order valence-corrected chi connectivity index (χ4v) is 3.33. The monoisotopic (exact) mass is 219 g/mol. The number of fused-ring (bicyclic) bond motifs is 3. The highest BCUT2D eigenvalue weighted by atomic mass is 15.4. The normalized spacial score (nSPS) is 28.1. The number of nitrogens with one attached hydrogen (secondary N) is 1. The van der Waals surface area contributed by atoms with Crippen molar-refractivity contribution in [3.63, 3.8) is 0 Å². The van der Waals surface area contributed by atoms with Gasteiger partial charge >= 0.3 is 0 Å². The summed E-state index contributed by atoms with van der Waals surface area (Å²) in [6.45, 7) is 5.55. The number of hydrogen-bond donors (Lipinski definition) is 1. The van der Waals surface area contributed by atoms with Gasteiger partial charge in [-0.3, -0.25) is 0 Å². The van der Waals surface area contributed by atoms with E-state index in [-0.39, 0.29) is 0 Å². The molecule has 1 fully saturated rings. The summed E-state index contributed by atoms with van der Waals surface area (Å²) in [6, 6.07) is 0.670. The van der Waals surface area contributed by atoms with E-state index in [0.29, 0.717) is 6.04 Å². The molecule has 2 heterocycles. The van der Waals surface area contributed by atoms with Gasteiger partial charge in [-0.15, -0.1) is 0 Å². The Hall–Kier alpha value is -0.990. The van der Waals surface area contributed by atoms with Crippen LogP contribution in [0.15, 0.2) is 0 Å². The van der Waals surface area contributed by atoms with E-state index >= 15 is 0 Å². The Morgan fingerprint density at radius 3 is 3.00 bits per heavy atom. The van der Waals surface area contributed by atoms with Gasteiger partial charge in [0.1, 0.15) is 5.82 Å². The van der Waals surface area contributed by atoms with Crippen LogP contribution < -0.4 is 5.32 Å². The van der Waals surface area contributed by atoms with Crippen molar-refractivity contribution in [3.8, 4) is 0 Å². The van der Waals surface area contributed by atoms with Gasteiger partial charge in [-0.25, -0.2) is 4.68 Å². The molecule has 1 N–H and O–H groups in total. The van der Waals surface area contributed by atoms with Crippen LogP contribution in [-0.4, -0.2) is 16.3 Å². The maximum absolute atomic E-state index is 4.81. The molecule has 16 heavy (non-hydrogen) atoms. The van der Waals surface area contributed by atoms with E-state index in [1.54, 1.807) is 0 Å². The first-order valence-electron chi connectivity index (χ1n) is 6.63. The van der Waals surface area contributed by atoms with Crippen LogP contribution in [0, 0.1) is 12.8 Å². The van der Waals surface area contributed by atoms with E-state index in [4.69, 9.17) is 5.10 Å². The van der Waals surface area contributed by atoms with Gasteiger partial charge in [0.05, 0.1) is 11.7 Å². The first kappa shape index (κ1) is 10.2. The average Bonchev–Trinajstić information content (AvgIpc) is 2.67. The van der Waals surface area contributed by atoms with Gasteiger partial charge in [0.25, 0.3) is 0 Å². The van der Waals surface area contributed by atoms with Crippen LogP contribution in [0.25, 0.3) is 0 Å². The number of rotatable bonds is 1. The maximum atomic E-state index is 4.81. The summed E-state index contributed by atoms with van der Waals surface area (Å²) in [5.41, 5.74) is 2.64. The van der Waals surface area contributed by atoms with Crippen molar-refractivity contribution in [2.45, 2.75) is 52.0 Å². The Bertz CT molecular complexity index is 394. The molecule has 3 nitrogen and oxygen atoms in total. The van der Waals surface area contributed by atoms with Gasteiger partial charge in [0.15, 0.2) is 0 Å². The SMILES string of the molecule is CCc1nn2c(c1C)NCC1CCCCC12. The number of hydrogen-bond acceptors (Lipinski definition) is 2. The molecule has 0 saturated heterocycles. The molecule has 1 aromatic rings. The summed E-state index contributed by atoms with van der Waals surface area (Å²) < 4.78 is 2.29. The number of anilines is 1. The molecule has 1 aliphatic carbocycles. The quantitative estimate of drug-likeness (QED) is 0.787. The van der Waals surface area contributed by atoms with Gasteiger partial charge in [-0.05, 0) is 32.1 Å². The Morgan fingerprint density at radius 1 is 1.38 bits per heavy atom. The topological polar surface area (TPSA) is 29.9 Å². The minimum Gasteiger partial charge on any atom is -0.370 e. The Balaban J connectivity index is 2.01. The Labute approximate surface area is 97.2 Å². The molecule has 0 aromatic carbocycles. The summed E-state index contributed by atoms with van der Waals surface area (Å²) in [4.78, 5) is 0. The molecule has 0 bridgehead atoms. The maximum Gasteiger partial charge on any atom is 0.127 e. The molecule has 3 heteroatoms. The smallest absolute Gasteiger partial charge is 0.127 e. The summed E-state index contributed by atoms with van der Waals surface area (Å²) >= 11 is 0. The lowest BCUT2D eigenvalue weighted by molar-refractivity contribution is 0.222. The zero-order valence-corrected chi connectivity index (χ0v) is 10.3. The van der Waals surface area contributed by atoms with Crippen molar-refractivity contribution in [2.75, 3.05) is 11.9 Å². The largest absolute Gasteiger partial charge is 0.370 e. The predicted octanol–water partition coefficient (Wildman–Crippen LogP) is 2.91. The number of nitrogens with zero attached hydrogens (tertiary/aromatic N) is 2. The van der Waals surface area contributed by atoms with E-state index in [1.807, 2.05) is 0 Å². The lowest BCUT2D eigenvalue weighted by atomic mass is 9.83. The highest BCUT2D eigenvalue weighted by molar-refractivity contribution is 5.48. The molecule has 0 radical (unpaired) electrons. The third kappa shape index (κ3) is 1.37. The second-order valence-corrected chi connectivity index (χ2v) is 5.21. The van der Waals surface area contributed by atoms with Crippen LogP contribution in [0.5, 0.6) is 0 Å². The van der Waals surface area contributed by atoms with E-state index in [9.17, 15) is 0 Å². The van der Waals surface area contributed by atoms with Gasteiger partial charge in [0, 0.05) is 12.1 Å². The molecule has 0 spiro atoms. The van der Waals surface area contributed by atoms with Crippen LogP contribution in [-0.2, 0) is 6.42 Å². The third-order valence-corrected chi connectivity index (χ3v) is 4.30. The highest BCUT2D eigenvalue weighted by Gasteiger charge is 2.33. The predicted molar refractivity (Wildman–Crippen MR) is 65.8 cm³/mol. The summed E-state index contributed by atoms with van der Waals surface area (Å²) in [6.07, 6.45) is 6.52. The van der Waals surface area contributed by atoms with Crippen molar-refractivity contribution in [1.82, 2.24) is 9.78 Å². The lowest BCUT2D eigenvalue weighted by Crippen LogP contribution is -2.35. The van der Waals surface area contributed by atoms with Gasteiger partial charge in [0.2, 0.25) is 0 Å². The molecule has 1 aromatic heterocycles. The van der Waals surface area contributed by atoms with Crippen molar-refractivity contribution in [1.29, 1.82) is 0 Å². The van der Waals surface area contributed by atoms with Gasteiger partial charge in [-0.1, -0.05) is 19.8 Å². The molecule has 2 aliphatic rings. The molecule has 3 rings (SSSR count). The van der Waals surface area contributed by atoms with Crippen molar-refractivity contribution < 1.29 is 0 Å². The molecule has 1 aliphatic heterocycles. The zero-order valence-electron chi connectivity index (χ0n) is 10.3. The van der Waals surface area contributed by atoms with E-state index < -0.39 is 0 Å². The molecule has 0 amide bonds. The minimum atomic E-state index is 0.670. The molecular weight excluding hydrogens is 198 g/mol. The second-order valence-electron chi connectivity index (χ2n) is 5.21. The summed E-state index contributed by atoms with van der Waals surface area (Å²) in [5, 5.41) is 8.39. The van der Waals surface area contributed by atoms with Crippen LogP contribution in [0.3, 0.4) is 0 Å². The van der Waals surface area contributed by atoms with Crippen LogP contribution >= 0.6 is 0 Å². The number of aromatic nitrogens is 2. The van der Waals surface area contributed by atoms with Crippen molar-refractivity contribution in [2.24, 2.45) is 5.92 Å². The first-order chi connectivity index (χ1) is 7.81. The molecule has 2 unspecified atom stereocenters. The molecule has 1 saturated carbocycles. The van der Waals surface area contributed by atoms with E-state index in [1.165, 1.54) is 42.8 Å². The fourth-order valence-electron chi connectivity index (χ4n) is 3.33. The minimum absolute atomic E-state index is 0.670. The summed E-state index contributed by atoms with van der Waals surface area (Å²) in [7, 11) is 0. The molecule has 2 atom stereocenters. The Morgan fingerprint density at radius 2 is 2.19 bits per heavy atom. The summed E-state index contributed by atoms with van der Waals surface area (Å²) in [5.74, 6) is 2.10. The van der Waals surface area contributed by atoms with Crippen LogP contribution in [0.2, 0.25) is 0 Å². The average molecular weight is 219 g/mol. The third-order valence-electron chi connectivity index (χ3n) is 4.30. The van der Waals surface area contributed by atoms with Gasteiger partial charge in [-0.2, -0.15) is 5.10 Å². The van der Waals surface area contributed by atoms with Crippen molar-refractivity contribution in [3.05, 3.63) is 11.3 Å². The Kier molecular flexibility index (Phi) is 2.41. The van der Waals surface area contributed by atoms with E-state index in [2.05, 4.69) is 23.8 Å². The first-order valence-corrected chi connectivity index (χ1v) is 6.63. The lowest BCUT2D eigenvalue weighted by Gasteiger charge is -2.37. The van der Waals surface area contributed by atoms with Crippen LogP contribution in [0.4, 0.5) is 5.82 Å². The fraction of sp³-hybridized carbons (Fsp3) is 0.769.